The molecule has 0 fully saturated rings. The van der Waals surface area contributed by atoms with Crippen molar-refractivity contribution in [2.24, 2.45) is 14.1 Å². The molecular weight excluding hydrogens is 754 g/mol. The van der Waals surface area contributed by atoms with Crippen LogP contribution in [0, 0.1) is 0 Å². The summed E-state index contributed by atoms with van der Waals surface area (Å²) >= 11 is 17.9. The molecule has 0 aliphatic carbocycles. The van der Waals surface area contributed by atoms with E-state index >= 15 is 0 Å². The largest absolute Gasteiger partial charge is 0.359 e. The predicted molar refractivity (Wildman–Crippen MR) is 169 cm³/mol. The van der Waals surface area contributed by atoms with Crippen molar-refractivity contribution in [3.8, 4) is 0 Å². The molecule has 15 heteroatoms. The summed E-state index contributed by atoms with van der Waals surface area (Å²) in [5, 5.41) is 6.79. The molecule has 194 valence electrons. The van der Waals surface area contributed by atoms with Crippen LogP contribution in [0.2, 0.25) is 4.34 Å². The van der Waals surface area contributed by atoms with Gasteiger partial charge in [0.05, 0.1) is 0 Å². The highest BCUT2D eigenvalue weighted by Gasteiger charge is 1.94. The summed E-state index contributed by atoms with van der Waals surface area (Å²) in [5.74, 6) is 1.72. The Morgan fingerprint density at radius 3 is 1.79 bits per heavy atom. The van der Waals surface area contributed by atoms with Gasteiger partial charge in [-0.1, -0.05) is 30.6 Å². The third kappa shape index (κ3) is 26.7. The van der Waals surface area contributed by atoms with E-state index in [2.05, 4.69) is 60.5 Å². The number of thiol groups is 1. The van der Waals surface area contributed by atoms with E-state index in [0.717, 1.165) is 5.75 Å². The molecule has 0 spiro atoms. The SMILES string of the molecule is C.CNC(=O)CCS.CNC(=O)CCSC.Cn1sc(Cl)cc1=O.Cn1sccc1=O.II. The van der Waals surface area contributed by atoms with Gasteiger partial charge in [-0.3, -0.25) is 27.1 Å². The van der Waals surface area contributed by atoms with E-state index in [1.807, 2.05) is 6.26 Å². The Labute approximate surface area is 242 Å². The van der Waals surface area contributed by atoms with E-state index in [9.17, 15) is 19.2 Å². The van der Waals surface area contributed by atoms with Crippen LogP contribution in [0.4, 0.5) is 0 Å². The first-order valence-corrected chi connectivity index (χ1v) is 19.0. The summed E-state index contributed by atoms with van der Waals surface area (Å²) in [5.41, 5.74) is 0.0324. The Hall–Kier alpha value is 0.250. The maximum absolute atomic E-state index is 10.5. The van der Waals surface area contributed by atoms with Gasteiger partial charge in [-0.05, 0) is 23.5 Å². The Morgan fingerprint density at radius 1 is 1.09 bits per heavy atom. The molecule has 0 saturated carbocycles. The van der Waals surface area contributed by atoms with Crippen molar-refractivity contribution >= 4 is 108 Å². The molecule has 0 bridgehead atoms. The molecule has 0 aliphatic heterocycles. The first-order chi connectivity index (χ1) is 15.1. The van der Waals surface area contributed by atoms with Crippen molar-refractivity contribution in [3.63, 3.8) is 0 Å². The van der Waals surface area contributed by atoms with Gasteiger partial charge >= 0.3 is 0 Å². The topological polar surface area (TPSA) is 102 Å². The van der Waals surface area contributed by atoms with Gasteiger partial charge in [0.25, 0.3) is 11.1 Å². The third-order valence-corrected chi connectivity index (χ3v) is 5.59. The zero-order valence-corrected chi connectivity index (χ0v) is 26.8. The number of amides is 2. The molecule has 2 aromatic heterocycles. The number of hydrogen-bond donors (Lipinski definition) is 3. The summed E-state index contributed by atoms with van der Waals surface area (Å²) < 4.78 is 3.58. The fraction of sp³-hybridized carbons (Fsp3) is 0.556. The van der Waals surface area contributed by atoms with Gasteiger partial charge in [0, 0.05) is 102 Å². The first-order valence-electron chi connectivity index (χ1n) is 8.71. The van der Waals surface area contributed by atoms with Gasteiger partial charge in [0.2, 0.25) is 11.8 Å². The highest BCUT2D eigenvalue weighted by atomic mass is 128. The summed E-state index contributed by atoms with van der Waals surface area (Å²) in [6, 6.07) is 2.94. The maximum Gasteiger partial charge on any atom is 0.261 e. The Bertz CT molecular complexity index is 844. The second-order valence-corrected chi connectivity index (χ2v) is 9.45. The number of nitrogens with zero attached hydrogens (tertiary/aromatic N) is 2. The van der Waals surface area contributed by atoms with Crippen LogP contribution in [0.1, 0.15) is 20.3 Å². The van der Waals surface area contributed by atoms with E-state index in [-0.39, 0.29) is 30.4 Å². The number of hydrogen-bond acceptors (Lipinski definition) is 8. The lowest BCUT2D eigenvalue weighted by molar-refractivity contribution is -0.121. The molecule has 0 unspecified atom stereocenters. The van der Waals surface area contributed by atoms with Gasteiger partial charge < -0.3 is 10.6 Å². The summed E-state index contributed by atoms with van der Waals surface area (Å²) in [6.07, 6.45) is 3.14. The van der Waals surface area contributed by atoms with E-state index < -0.39 is 0 Å². The minimum atomic E-state index is -0.0417. The normalized spacial score (nSPS) is 8.39. The van der Waals surface area contributed by atoms with Crippen LogP contribution < -0.4 is 21.8 Å². The van der Waals surface area contributed by atoms with Crippen LogP contribution in [0.5, 0.6) is 0 Å². The van der Waals surface area contributed by atoms with Crippen molar-refractivity contribution in [2.45, 2.75) is 20.3 Å². The van der Waals surface area contributed by atoms with Crippen molar-refractivity contribution < 1.29 is 9.59 Å². The lowest BCUT2D eigenvalue weighted by Crippen LogP contribution is -2.17. The van der Waals surface area contributed by atoms with Crippen molar-refractivity contribution in [3.05, 3.63) is 42.6 Å². The average molecular weight is 787 g/mol. The second-order valence-electron chi connectivity index (χ2n) is 5.18. The molecular formula is C18H33ClI2N4O4S4. The van der Waals surface area contributed by atoms with Crippen molar-refractivity contribution in [1.82, 2.24) is 18.5 Å². The number of halogens is 3. The highest BCUT2D eigenvalue weighted by Crippen LogP contribution is 2.09. The van der Waals surface area contributed by atoms with Crippen molar-refractivity contribution in [2.75, 3.05) is 31.9 Å². The van der Waals surface area contributed by atoms with Gasteiger partial charge in [-0.2, -0.15) is 24.4 Å². The van der Waals surface area contributed by atoms with Crippen LogP contribution in [-0.2, 0) is 23.7 Å². The molecule has 0 radical (unpaired) electrons. The van der Waals surface area contributed by atoms with Gasteiger partial charge in [-0.15, -0.1) is 0 Å². The molecule has 2 aromatic rings. The highest BCUT2D eigenvalue weighted by molar-refractivity contribution is 15.0. The summed E-state index contributed by atoms with van der Waals surface area (Å²) in [6.45, 7) is 0. The lowest BCUT2D eigenvalue weighted by Gasteiger charge is -1.94. The van der Waals surface area contributed by atoms with E-state index in [1.165, 1.54) is 33.1 Å². The monoisotopic (exact) mass is 786 g/mol. The molecule has 2 rings (SSSR count). The van der Waals surface area contributed by atoms with Gasteiger partial charge in [0.15, 0.2) is 0 Å². The average Bonchev–Trinajstić information content (AvgIpc) is 3.30. The zero-order valence-electron chi connectivity index (χ0n) is 18.4. The second kappa shape index (κ2) is 28.5. The van der Waals surface area contributed by atoms with E-state index in [1.54, 1.807) is 55.4 Å². The fourth-order valence-electron chi connectivity index (χ4n) is 1.27. The first kappa shape index (κ1) is 40.4. The smallest absolute Gasteiger partial charge is 0.261 e. The molecule has 33 heavy (non-hydrogen) atoms. The van der Waals surface area contributed by atoms with Crippen LogP contribution in [-0.4, -0.2) is 51.6 Å². The minimum absolute atomic E-state index is 0. The fourth-order valence-corrected chi connectivity index (χ4v) is 3.35. The van der Waals surface area contributed by atoms with E-state index in [0.29, 0.717) is 22.9 Å². The molecule has 8 nitrogen and oxygen atoms in total. The number of carbonyl (C=O) groups is 2. The third-order valence-electron chi connectivity index (χ3n) is 2.94. The number of rotatable bonds is 5. The number of aromatic nitrogens is 2. The minimum Gasteiger partial charge on any atom is -0.359 e. The van der Waals surface area contributed by atoms with Crippen LogP contribution >= 0.6 is 96.3 Å². The molecule has 0 saturated heterocycles. The molecule has 2 N–H and O–H groups in total. The summed E-state index contributed by atoms with van der Waals surface area (Å²) in [7, 11) is 6.69. The number of nitrogens with one attached hydrogen (secondary N) is 2. The van der Waals surface area contributed by atoms with Crippen LogP contribution in [0.3, 0.4) is 0 Å². The number of aryl methyl sites for hydroxylation is 2. The molecule has 0 atom stereocenters. The predicted octanol–water partition coefficient (Wildman–Crippen LogP) is 4.49. The molecule has 2 heterocycles. The lowest BCUT2D eigenvalue weighted by atomic mass is 10.5. The Kier molecular flexibility index (Phi) is 34.9. The van der Waals surface area contributed by atoms with Crippen LogP contribution in [0.15, 0.2) is 27.1 Å². The van der Waals surface area contributed by atoms with E-state index in [4.69, 9.17) is 11.6 Å². The van der Waals surface area contributed by atoms with Crippen LogP contribution in [0.25, 0.3) is 0 Å². The Morgan fingerprint density at radius 2 is 1.61 bits per heavy atom. The molecule has 0 aliphatic rings. The summed E-state index contributed by atoms with van der Waals surface area (Å²) in [4.78, 5) is 41.6. The van der Waals surface area contributed by atoms with Crippen molar-refractivity contribution in [1.29, 1.82) is 0 Å². The maximum atomic E-state index is 10.5. The molecule has 0 aromatic carbocycles. The zero-order chi connectivity index (χ0) is 25.5. The molecule has 2 amide bonds. The number of carbonyl (C=O) groups excluding carboxylic acids is 2. The van der Waals surface area contributed by atoms with Gasteiger partial charge in [-0.25, -0.2) is 0 Å². The van der Waals surface area contributed by atoms with Gasteiger partial charge in [0.1, 0.15) is 4.34 Å². The Balaban J connectivity index is -0.000000164. The number of thioether (sulfide) groups is 1. The quantitative estimate of drug-likeness (QED) is 0.307. The standard InChI is InChI=1S/C5H11NOS.C4H4ClNOS.C4H5NOS.C4H9NOS.CH4.I2/c1-6-5(7)3-4-8-2;1-6-4(7)2-3(5)8-6;1-5-4(6)2-3-7-5;1-5-4(6)2-3-7;;1-2/h3-4H2,1-2H3,(H,6,7);2H,1H3;2-3H,1H3;7H,2-3H2,1H3,(H,5,6);1H4;.